The SMILES string of the molecule is CCCCCCCCCCCCCCCCCCCC(=Nc1ccccc1)C(CCCC)=Nc1ccccc1.[Pd]. The van der Waals surface area contributed by atoms with Crippen LogP contribution in [0.3, 0.4) is 0 Å². The van der Waals surface area contributed by atoms with Crippen LogP contribution in [0.25, 0.3) is 0 Å². The van der Waals surface area contributed by atoms with Crippen molar-refractivity contribution in [3.05, 3.63) is 60.7 Å². The molecule has 0 saturated carbocycles. The smallest absolute Gasteiger partial charge is 0.0633 e. The summed E-state index contributed by atoms with van der Waals surface area (Å²) in [5, 5.41) is 0. The zero-order valence-corrected chi connectivity index (χ0v) is 27.4. The molecular formula is C37H58N2Pd. The second-order valence-corrected chi connectivity index (χ2v) is 11.3. The van der Waals surface area contributed by atoms with E-state index in [1.807, 2.05) is 0 Å². The summed E-state index contributed by atoms with van der Waals surface area (Å²) in [4.78, 5) is 10.2. The van der Waals surface area contributed by atoms with Crippen molar-refractivity contribution in [3.63, 3.8) is 0 Å². The Labute approximate surface area is 261 Å². The molecule has 0 bridgehead atoms. The molecule has 0 unspecified atom stereocenters. The van der Waals surface area contributed by atoms with Gasteiger partial charge in [0.05, 0.1) is 22.8 Å². The van der Waals surface area contributed by atoms with Gasteiger partial charge in [0, 0.05) is 20.4 Å². The summed E-state index contributed by atoms with van der Waals surface area (Å²) >= 11 is 0. The molecule has 0 aliphatic heterocycles. The van der Waals surface area contributed by atoms with E-state index < -0.39 is 0 Å². The van der Waals surface area contributed by atoms with Gasteiger partial charge in [0.2, 0.25) is 0 Å². The molecule has 3 heteroatoms. The van der Waals surface area contributed by atoms with Crippen LogP contribution >= 0.6 is 0 Å². The average molecular weight is 637 g/mol. The summed E-state index contributed by atoms with van der Waals surface area (Å²) in [5.74, 6) is 0. The van der Waals surface area contributed by atoms with E-state index in [1.165, 1.54) is 127 Å². The van der Waals surface area contributed by atoms with Crippen molar-refractivity contribution in [1.82, 2.24) is 0 Å². The number of benzene rings is 2. The molecular weight excluding hydrogens is 579 g/mol. The second-order valence-electron chi connectivity index (χ2n) is 11.3. The number of unbranched alkanes of at least 4 members (excludes halogenated alkanes) is 17. The van der Waals surface area contributed by atoms with Gasteiger partial charge in [0.1, 0.15) is 0 Å². The molecule has 0 N–H and O–H groups in total. The fourth-order valence-corrected chi connectivity index (χ4v) is 5.21. The Morgan fingerprint density at radius 2 is 0.700 bits per heavy atom. The standard InChI is InChI=1S/C37H58N2.Pd/c1-3-5-7-8-9-10-11-12-13-14-15-16-17-18-19-20-27-33-37(39-35-30-25-22-26-31-35)36(32-6-4-2)38-34-28-23-21-24-29-34;/h21-26,28-31H,3-20,27,32-33H2,1-2H3;. The largest absolute Gasteiger partial charge is 0.252 e. The summed E-state index contributed by atoms with van der Waals surface area (Å²) in [5.41, 5.74) is 4.42. The van der Waals surface area contributed by atoms with Crippen LogP contribution in [-0.2, 0) is 20.4 Å². The quantitative estimate of drug-likeness (QED) is 0.0622. The minimum absolute atomic E-state index is 0. The molecule has 0 fully saturated rings. The van der Waals surface area contributed by atoms with Crippen molar-refractivity contribution in [3.8, 4) is 0 Å². The molecule has 0 heterocycles. The third-order valence-corrected chi connectivity index (χ3v) is 7.66. The van der Waals surface area contributed by atoms with E-state index >= 15 is 0 Å². The molecule has 2 nitrogen and oxygen atoms in total. The van der Waals surface area contributed by atoms with E-state index in [2.05, 4.69) is 74.5 Å². The van der Waals surface area contributed by atoms with E-state index in [9.17, 15) is 0 Å². The van der Waals surface area contributed by atoms with Crippen LogP contribution in [-0.4, -0.2) is 11.4 Å². The van der Waals surface area contributed by atoms with Gasteiger partial charge in [0.15, 0.2) is 0 Å². The van der Waals surface area contributed by atoms with Crippen LogP contribution in [0.2, 0.25) is 0 Å². The van der Waals surface area contributed by atoms with Gasteiger partial charge in [-0.15, -0.1) is 0 Å². The summed E-state index contributed by atoms with van der Waals surface area (Å²) in [6.45, 7) is 4.55. The zero-order chi connectivity index (χ0) is 27.6. The van der Waals surface area contributed by atoms with Crippen LogP contribution < -0.4 is 0 Å². The second kappa shape index (κ2) is 26.3. The Balaban J connectivity index is 0.00000800. The molecule has 0 atom stereocenters. The number of aliphatic imine (C=N–C) groups is 2. The summed E-state index contributed by atoms with van der Waals surface area (Å²) < 4.78 is 0. The first-order chi connectivity index (χ1) is 19.3. The maximum Gasteiger partial charge on any atom is 0.0633 e. The van der Waals surface area contributed by atoms with Gasteiger partial charge in [-0.2, -0.15) is 0 Å². The number of hydrogen-bond donors (Lipinski definition) is 0. The van der Waals surface area contributed by atoms with Crippen molar-refractivity contribution < 1.29 is 20.4 Å². The zero-order valence-electron chi connectivity index (χ0n) is 25.8. The summed E-state index contributed by atoms with van der Waals surface area (Å²) in [6.07, 6.45) is 28.2. The van der Waals surface area contributed by atoms with Gasteiger partial charge in [-0.3, -0.25) is 9.98 Å². The molecule has 0 aromatic heterocycles. The molecule has 0 radical (unpaired) electrons. The van der Waals surface area contributed by atoms with Crippen molar-refractivity contribution in [2.24, 2.45) is 9.98 Å². The first-order valence-electron chi connectivity index (χ1n) is 16.6. The summed E-state index contributed by atoms with van der Waals surface area (Å²) in [6, 6.07) is 20.8. The predicted molar refractivity (Wildman–Crippen MR) is 175 cm³/mol. The topological polar surface area (TPSA) is 24.7 Å². The van der Waals surface area contributed by atoms with Gasteiger partial charge in [-0.05, 0) is 49.9 Å². The van der Waals surface area contributed by atoms with E-state index in [0.717, 1.165) is 30.6 Å². The Kier molecular flexibility index (Phi) is 24.0. The van der Waals surface area contributed by atoms with Crippen molar-refractivity contribution >= 4 is 22.8 Å². The van der Waals surface area contributed by atoms with Gasteiger partial charge in [-0.25, -0.2) is 0 Å². The minimum Gasteiger partial charge on any atom is -0.252 e. The van der Waals surface area contributed by atoms with Gasteiger partial charge in [-0.1, -0.05) is 159 Å². The van der Waals surface area contributed by atoms with E-state index in [1.54, 1.807) is 0 Å². The number of rotatable bonds is 24. The fraction of sp³-hybridized carbons (Fsp3) is 0.622. The summed E-state index contributed by atoms with van der Waals surface area (Å²) in [7, 11) is 0. The monoisotopic (exact) mass is 636 g/mol. The molecule has 2 aromatic rings. The maximum atomic E-state index is 5.10. The van der Waals surface area contributed by atoms with E-state index in [-0.39, 0.29) is 20.4 Å². The third kappa shape index (κ3) is 18.7. The molecule has 226 valence electrons. The number of hydrogen-bond acceptors (Lipinski definition) is 2. The van der Waals surface area contributed by atoms with Crippen LogP contribution in [0.5, 0.6) is 0 Å². The van der Waals surface area contributed by atoms with Gasteiger partial charge in [0.25, 0.3) is 0 Å². The molecule has 0 amide bonds. The number of nitrogens with zero attached hydrogens (tertiary/aromatic N) is 2. The fourth-order valence-electron chi connectivity index (χ4n) is 5.21. The Morgan fingerprint density at radius 3 is 1.05 bits per heavy atom. The van der Waals surface area contributed by atoms with Gasteiger partial charge < -0.3 is 0 Å². The molecule has 0 saturated heterocycles. The first kappa shape index (κ1) is 36.5. The van der Waals surface area contributed by atoms with E-state index in [4.69, 9.17) is 9.98 Å². The maximum absolute atomic E-state index is 5.10. The first-order valence-corrected chi connectivity index (χ1v) is 16.6. The molecule has 2 rings (SSSR count). The third-order valence-electron chi connectivity index (χ3n) is 7.66. The van der Waals surface area contributed by atoms with E-state index in [0.29, 0.717) is 0 Å². The molecule has 0 aliphatic rings. The molecule has 40 heavy (non-hydrogen) atoms. The van der Waals surface area contributed by atoms with Crippen LogP contribution in [0.15, 0.2) is 70.6 Å². The van der Waals surface area contributed by atoms with Crippen LogP contribution in [0, 0.1) is 0 Å². The Hall–Kier alpha value is -1.56. The average Bonchev–Trinajstić information content (AvgIpc) is 2.97. The van der Waals surface area contributed by atoms with Crippen molar-refractivity contribution in [1.29, 1.82) is 0 Å². The van der Waals surface area contributed by atoms with Crippen molar-refractivity contribution in [2.45, 2.75) is 149 Å². The molecule has 2 aromatic carbocycles. The number of para-hydroxylation sites is 2. The predicted octanol–water partition coefficient (Wildman–Crippen LogP) is 12.8. The Bertz CT molecular complexity index is 876. The molecule has 0 spiro atoms. The van der Waals surface area contributed by atoms with Crippen molar-refractivity contribution in [2.75, 3.05) is 0 Å². The minimum atomic E-state index is 0. The van der Waals surface area contributed by atoms with Crippen LogP contribution in [0.1, 0.15) is 149 Å². The normalized spacial score (nSPS) is 11.9. The Morgan fingerprint density at radius 1 is 0.400 bits per heavy atom. The van der Waals surface area contributed by atoms with Crippen LogP contribution in [0.4, 0.5) is 11.4 Å². The molecule has 0 aliphatic carbocycles. The van der Waals surface area contributed by atoms with Gasteiger partial charge >= 0.3 is 0 Å².